The van der Waals surface area contributed by atoms with Gasteiger partial charge >= 0.3 is 0 Å². The van der Waals surface area contributed by atoms with Gasteiger partial charge < -0.3 is 5.32 Å². The molecule has 0 amide bonds. The van der Waals surface area contributed by atoms with Crippen LogP contribution in [0.3, 0.4) is 0 Å². The van der Waals surface area contributed by atoms with Crippen LogP contribution in [0.2, 0.25) is 0 Å². The van der Waals surface area contributed by atoms with E-state index in [1.807, 2.05) is 24.9 Å². The molecule has 5 heteroatoms. The highest BCUT2D eigenvalue weighted by Gasteiger charge is 2.18. The molecule has 2 heterocycles. The minimum atomic E-state index is 0.613. The Bertz CT molecular complexity index is 589. The molecule has 0 atom stereocenters. The fourth-order valence-corrected chi connectivity index (χ4v) is 3.01. The molecule has 0 unspecified atom stereocenters. The van der Waals surface area contributed by atoms with Gasteiger partial charge in [0.15, 0.2) is 0 Å². The molecule has 0 aliphatic heterocycles. The van der Waals surface area contributed by atoms with E-state index in [0.29, 0.717) is 6.04 Å². The van der Waals surface area contributed by atoms with Crippen LogP contribution in [0.4, 0.5) is 5.69 Å². The summed E-state index contributed by atoms with van der Waals surface area (Å²) >= 11 is 0. The monoisotopic (exact) mass is 273 g/mol. The van der Waals surface area contributed by atoms with Crippen molar-refractivity contribution in [1.29, 1.82) is 0 Å². The van der Waals surface area contributed by atoms with Gasteiger partial charge in [0.05, 0.1) is 23.1 Å². The summed E-state index contributed by atoms with van der Waals surface area (Å²) in [6, 6.07) is 0.613. The third-order valence-corrected chi connectivity index (χ3v) is 4.20. The van der Waals surface area contributed by atoms with Crippen molar-refractivity contribution in [3.63, 3.8) is 0 Å². The summed E-state index contributed by atoms with van der Waals surface area (Å²) in [5.41, 5.74) is 4.54. The summed E-state index contributed by atoms with van der Waals surface area (Å²) < 4.78 is 4.02. The van der Waals surface area contributed by atoms with Gasteiger partial charge in [-0.25, -0.2) is 0 Å². The summed E-state index contributed by atoms with van der Waals surface area (Å²) in [4.78, 5) is 0. The molecule has 0 spiro atoms. The van der Waals surface area contributed by atoms with Crippen molar-refractivity contribution in [3.8, 4) is 0 Å². The number of nitrogens with zero attached hydrogens (tertiary/aromatic N) is 4. The van der Waals surface area contributed by atoms with Crippen molar-refractivity contribution in [2.45, 2.75) is 52.1 Å². The summed E-state index contributed by atoms with van der Waals surface area (Å²) in [7, 11) is 1.95. The highest BCUT2D eigenvalue weighted by Crippen LogP contribution is 2.29. The molecule has 2 aromatic rings. The first-order valence-corrected chi connectivity index (χ1v) is 7.42. The first kappa shape index (κ1) is 13.2. The SMILES string of the molecule is Cc1nn(C2CCCC2)cc1CNc1cn(C)nc1C. The molecule has 0 saturated heterocycles. The van der Waals surface area contributed by atoms with Crippen LogP contribution in [0.1, 0.15) is 48.7 Å². The molecule has 1 aliphatic rings. The van der Waals surface area contributed by atoms with Crippen LogP contribution in [-0.4, -0.2) is 19.6 Å². The van der Waals surface area contributed by atoms with Crippen LogP contribution in [0.25, 0.3) is 0 Å². The van der Waals surface area contributed by atoms with Crippen molar-refractivity contribution in [2.24, 2.45) is 7.05 Å². The molecule has 1 aliphatic carbocycles. The van der Waals surface area contributed by atoms with Crippen LogP contribution in [0.5, 0.6) is 0 Å². The molecule has 5 nitrogen and oxygen atoms in total. The van der Waals surface area contributed by atoms with E-state index in [1.54, 1.807) is 0 Å². The predicted molar refractivity (Wildman–Crippen MR) is 79.7 cm³/mol. The lowest BCUT2D eigenvalue weighted by molar-refractivity contribution is 0.464. The van der Waals surface area contributed by atoms with Gasteiger partial charge in [-0.15, -0.1) is 0 Å². The van der Waals surface area contributed by atoms with Crippen molar-refractivity contribution in [1.82, 2.24) is 19.6 Å². The molecule has 20 heavy (non-hydrogen) atoms. The van der Waals surface area contributed by atoms with Crippen LogP contribution < -0.4 is 5.32 Å². The maximum Gasteiger partial charge on any atom is 0.0825 e. The molecule has 0 radical (unpaired) electrons. The molecule has 1 saturated carbocycles. The summed E-state index contributed by atoms with van der Waals surface area (Å²) in [5.74, 6) is 0. The van der Waals surface area contributed by atoms with E-state index in [2.05, 4.69) is 33.3 Å². The van der Waals surface area contributed by atoms with Gasteiger partial charge in [0.1, 0.15) is 0 Å². The zero-order chi connectivity index (χ0) is 14.1. The van der Waals surface area contributed by atoms with Gasteiger partial charge in [-0.05, 0) is 26.7 Å². The third-order valence-electron chi connectivity index (χ3n) is 4.20. The molecule has 108 valence electrons. The standard InChI is InChI=1S/C15H23N5/c1-11-13(8-16-15-10-19(3)17-12(15)2)9-20(18-11)14-6-4-5-7-14/h9-10,14,16H,4-8H2,1-3H3. The fraction of sp³-hybridized carbons (Fsp3) is 0.600. The Morgan fingerprint density at radius 1 is 1.15 bits per heavy atom. The van der Waals surface area contributed by atoms with Crippen molar-refractivity contribution in [2.75, 3.05) is 5.32 Å². The maximum absolute atomic E-state index is 4.69. The number of hydrogen-bond donors (Lipinski definition) is 1. The Morgan fingerprint density at radius 3 is 2.55 bits per heavy atom. The summed E-state index contributed by atoms with van der Waals surface area (Å²) in [6.45, 7) is 4.93. The number of aryl methyl sites for hydroxylation is 3. The quantitative estimate of drug-likeness (QED) is 0.931. The minimum Gasteiger partial charge on any atom is -0.378 e. The molecule has 0 bridgehead atoms. The molecule has 2 aromatic heterocycles. The van der Waals surface area contributed by atoms with Gasteiger partial charge in [0.2, 0.25) is 0 Å². The first-order chi connectivity index (χ1) is 9.63. The zero-order valence-electron chi connectivity index (χ0n) is 12.6. The maximum atomic E-state index is 4.69. The van der Waals surface area contributed by atoms with Crippen molar-refractivity contribution >= 4 is 5.69 Å². The summed E-state index contributed by atoms with van der Waals surface area (Å²) in [6.07, 6.45) is 9.46. The van der Waals surface area contributed by atoms with E-state index in [9.17, 15) is 0 Å². The molecule has 0 aromatic carbocycles. The zero-order valence-corrected chi connectivity index (χ0v) is 12.6. The second-order valence-corrected chi connectivity index (χ2v) is 5.81. The van der Waals surface area contributed by atoms with Crippen LogP contribution >= 0.6 is 0 Å². The van der Waals surface area contributed by atoms with Gasteiger partial charge in [0.25, 0.3) is 0 Å². The smallest absolute Gasteiger partial charge is 0.0825 e. The fourth-order valence-electron chi connectivity index (χ4n) is 3.01. The van der Waals surface area contributed by atoms with Gasteiger partial charge in [0, 0.05) is 31.5 Å². The lowest BCUT2D eigenvalue weighted by Gasteiger charge is -2.08. The van der Waals surface area contributed by atoms with E-state index in [1.165, 1.54) is 31.2 Å². The van der Waals surface area contributed by atoms with Gasteiger partial charge in [-0.3, -0.25) is 9.36 Å². The molecule has 3 rings (SSSR count). The second-order valence-electron chi connectivity index (χ2n) is 5.81. The lowest BCUT2D eigenvalue weighted by atomic mass is 10.2. The van der Waals surface area contributed by atoms with E-state index in [4.69, 9.17) is 0 Å². The highest BCUT2D eigenvalue weighted by atomic mass is 15.3. The largest absolute Gasteiger partial charge is 0.378 e. The normalized spacial score (nSPS) is 15.9. The predicted octanol–water partition coefficient (Wildman–Crippen LogP) is 2.96. The van der Waals surface area contributed by atoms with Crippen LogP contribution in [-0.2, 0) is 13.6 Å². The molecular weight excluding hydrogens is 250 g/mol. The van der Waals surface area contributed by atoms with Gasteiger partial charge in [-0.2, -0.15) is 10.2 Å². The summed E-state index contributed by atoms with van der Waals surface area (Å²) in [5, 5.41) is 12.5. The Labute approximate surface area is 120 Å². The number of nitrogens with one attached hydrogen (secondary N) is 1. The van der Waals surface area contributed by atoms with E-state index in [0.717, 1.165) is 23.6 Å². The average Bonchev–Trinajstić information content (AvgIpc) is 3.08. The Kier molecular flexibility index (Phi) is 3.51. The molecule has 1 N–H and O–H groups in total. The Morgan fingerprint density at radius 2 is 1.90 bits per heavy atom. The van der Waals surface area contributed by atoms with Crippen molar-refractivity contribution < 1.29 is 0 Å². The average molecular weight is 273 g/mol. The second kappa shape index (κ2) is 5.31. The van der Waals surface area contributed by atoms with Gasteiger partial charge in [-0.1, -0.05) is 12.8 Å². The number of hydrogen-bond acceptors (Lipinski definition) is 3. The highest BCUT2D eigenvalue weighted by molar-refractivity contribution is 5.46. The van der Waals surface area contributed by atoms with Crippen molar-refractivity contribution in [3.05, 3.63) is 29.3 Å². The van der Waals surface area contributed by atoms with E-state index >= 15 is 0 Å². The molecular formula is C15H23N5. The Balaban J connectivity index is 1.69. The number of rotatable bonds is 4. The van der Waals surface area contributed by atoms with Crippen LogP contribution in [0.15, 0.2) is 12.4 Å². The Hall–Kier alpha value is -1.78. The topological polar surface area (TPSA) is 47.7 Å². The minimum absolute atomic E-state index is 0.613. The van der Waals surface area contributed by atoms with E-state index < -0.39 is 0 Å². The first-order valence-electron chi connectivity index (χ1n) is 7.42. The number of anilines is 1. The lowest BCUT2D eigenvalue weighted by Crippen LogP contribution is -2.05. The van der Waals surface area contributed by atoms with Crippen LogP contribution in [0, 0.1) is 13.8 Å². The van der Waals surface area contributed by atoms with E-state index in [-0.39, 0.29) is 0 Å². The molecule has 1 fully saturated rings. The third kappa shape index (κ3) is 2.57. The number of aromatic nitrogens is 4.